The maximum absolute atomic E-state index is 6.08. The van der Waals surface area contributed by atoms with Crippen LogP contribution in [0.2, 0.25) is 0 Å². The fourth-order valence-corrected chi connectivity index (χ4v) is 4.43. The molecule has 1 atom stereocenters. The molecule has 24 heavy (non-hydrogen) atoms. The molecule has 3 fully saturated rings. The second-order valence-corrected chi connectivity index (χ2v) is 7.83. The largest absolute Gasteiger partial charge is 0.460 e. The van der Waals surface area contributed by atoms with Crippen molar-refractivity contribution in [2.24, 2.45) is 5.92 Å². The molecular formula is C19H30N4O. The third kappa shape index (κ3) is 3.66. The zero-order valence-corrected chi connectivity index (χ0v) is 14.9. The second-order valence-electron chi connectivity index (χ2n) is 7.83. The summed E-state index contributed by atoms with van der Waals surface area (Å²) in [4.78, 5) is 14.2. The molecule has 4 rings (SSSR count). The number of piperazine rings is 1. The molecule has 0 aromatic carbocycles. The van der Waals surface area contributed by atoms with Crippen LogP contribution in [0.3, 0.4) is 0 Å². The average Bonchev–Trinajstić information content (AvgIpc) is 2.63. The number of nitrogens with zero attached hydrogens (tertiary/aromatic N) is 4. The van der Waals surface area contributed by atoms with Gasteiger partial charge in [-0.2, -0.15) is 4.98 Å². The van der Waals surface area contributed by atoms with E-state index in [1.54, 1.807) is 0 Å². The summed E-state index contributed by atoms with van der Waals surface area (Å²) < 4.78 is 6.08. The zero-order valence-electron chi connectivity index (χ0n) is 14.9. The Balaban J connectivity index is 1.39. The molecule has 5 nitrogen and oxygen atoms in total. The molecule has 0 amide bonds. The highest BCUT2D eigenvalue weighted by molar-refractivity contribution is 5.39. The van der Waals surface area contributed by atoms with Gasteiger partial charge in [0.25, 0.3) is 0 Å². The van der Waals surface area contributed by atoms with E-state index in [-0.39, 0.29) is 0 Å². The first-order valence-electron chi connectivity index (χ1n) is 9.76. The number of anilines is 1. The van der Waals surface area contributed by atoms with Gasteiger partial charge in [-0.25, -0.2) is 4.98 Å². The van der Waals surface area contributed by atoms with Crippen molar-refractivity contribution in [3.05, 3.63) is 12.3 Å². The Morgan fingerprint density at radius 2 is 1.92 bits per heavy atom. The summed E-state index contributed by atoms with van der Waals surface area (Å²) in [5, 5.41) is 0. The van der Waals surface area contributed by atoms with E-state index in [0.717, 1.165) is 44.2 Å². The van der Waals surface area contributed by atoms with Crippen molar-refractivity contribution in [2.75, 3.05) is 31.1 Å². The van der Waals surface area contributed by atoms with Crippen molar-refractivity contribution in [1.29, 1.82) is 0 Å². The molecule has 3 heterocycles. The van der Waals surface area contributed by atoms with Crippen LogP contribution < -0.4 is 9.64 Å². The number of piperidine rings is 1. The number of hydrogen-bond acceptors (Lipinski definition) is 5. The molecule has 1 saturated carbocycles. The predicted octanol–water partition coefficient (Wildman–Crippen LogP) is 3.11. The summed E-state index contributed by atoms with van der Waals surface area (Å²) in [6, 6.07) is 3.30. The molecule has 1 unspecified atom stereocenters. The van der Waals surface area contributed by atoms with Gasteiger partial charge in [-0.15, -0.1) is 0 Å². The normalized spacial score (nSPS) is 31.5. The minimum absolute atomic E-state index is 0.298. The first-order chi connectivity index (χ1) is 11.8. The van der Waals surface area contributed by atoms with Crippen LogP contribution in [0.4, 0.5) is 5.82 Å². The predicted molar refractivity (Wildman–Crippen MR) is 95.5 cm³/mol. The number of fused-ring (bicyclic) bond motifs is 1. The Hall–Kier alpha value is -1.36. The Bertz CT molecular complexity index is 544. The lowest BCUT2D eigenvalue weighted by atomic mass is 9.89. The first-order valence-corrected chi connectivity index (χ1v) is 9.76. The van der Waals surface area contributed by atoms with Crippen LogP contribution in [0.5, 0.6) is 6.01 Å². The van der Waals surface area contributed by atoms with Gasteiger partial charge in [0.15, 0.2) is 0 Å². The molecule has 1 aliphatic carbocycles. The van der Waals surface area contributed by atoms with E-state index in [9.17, 15) is 0 Å². The smallest absolute Gasteiger partial charge is 0.318 e. The lowest BCUT2D eigenvalue weighted by Gasteiger charge is -2.44. The first kappa shape index (κ1) is 16.1. The highest BCUT2D eigenvalue weighted by atomic mass is 16.5. The summed E-state index contributed by atoms with van der Waals surface area (Å²) in [6.45, 7) is 6.92. The number of aromatic nitrogens is 2. The molecule has 1 aromatic rings. The van der Waals surface area contributed by atoms with Gasteiger partial charge in [0.05, 0.1) is 0 Å². The van der Waals surface area contributed by atoms with Crippen molar-refractivity contribution in [3.8, 4) is 6.01 Å². The third-order valence-electron chi connectivity index (χ3n) is 6.02. The van der Waals surface area contributed by atoms with E-state index in [1.807, 2.05) is 12.3 Å². The van der Waals surface area contributed by atoms with Gasteiger partial charge < -0.3 is 9.64 Å². The summed E-state index contributed by atoms with van der Waals surface area (Å²) in [5.74, 6) is 1.87. The molecule has 0 radical (unpaired) electrons. The Labute approximate surface area is 145 Å². The SMILES string of the molecule is CC1CCC(Oc2nccc(N3CCN4CCCCC4C3)n2)CC1. The summed E-state index contributed by atoms with van der Waals surface area (Å²) in [6.07, 6.45) is 11.0. The molecule has 132 valence electrons. The lowest BCUT2D eigenvalue weighted by Crippen LogP contribution is -2.55. The Morgan fingerprint density at radius 3 is 2.79 bits per heavy atom. The van der Waals surface area contributed by atoms with E-state index in [4.69, 9.17) is 9.72 Å². The molecule has 2 aliphatic heterocycles. The monoisotopic (exact) mass is 330 g/mol. The number of hydrogen-bond donors (Lipinski definition) is 0. The molecule has 2 saturated heterocycles. The van der Waals surface area contributed by atoms with Crippen molar-refractivity contribution in [2.45, 2.75) is 64.0 Å². The van der Waals surface area contributed by atoms with Crippen LogP contribution in [0, 0.1) is 5.92 Å². The van der Waals surface area contributed by atoms with E-state index in [2.05, 4.69) is 21.7 Å². The van der Waals surface area contributed by atoms with Crippen LogP contribution in [-0.4, -0.2) is 53.2 Å². The topological polar surface area (TPSA) is 41.5 Å². The highest BCUT2D eigenvalue weighted by Gasteiger charge is 2.29. The van der Waals surface area contributed by atoms with Gasteiger partial charge in [-0.3, -0.25) is 4.90 Å². The minimum atomic E-state index is 0.298. The van der Waals surface area contributed by atoms with Gasteiger partial charge in [0.1, 0.15) is 11.9 Å². The molecule has 0 spiro atoms. The third-order valence-corrected chi connectivity index (χ3v) is 6.02. The summed E-state index contributed by atoms with van der Waals surface area (Å²) in [5.41, 5.74) is 0. The maximum Gasteiger partial charge on any atom is 0.318 e. The minimum Gasteiger partial charge on any atom is -0.460 e. The van der Waals surface area contributed by atoms with Crippen LogP contribution in [-0.2, 0) is 0 Å². The van der Waals surface area contributed by atoms with Crippen LogP contribution >= 0.6 is 0 Å². The van der Waals surface area contributed by atoms with Crippen LogP contribution in [0.1, 0.15) is 51.9 Å². The Morgan fingerprint density at radius 1 is 1.04 bits per heavy atom. The van der Waals surface area contributed by atoms with Crippen LogP contribution in [0.15, 0.2) is 12.3 Å². The van der Waals surface area contributed by atoms with Gasteiger partial charge in [0, 0.05) is 31.9 Å². The fraction of sp³-hybridized carbons (Fsp3) is 0.789. The fourth-order valence-electron chi connectivity index (χ4n) is 4.43. The summed E-state index contributed by atoms with van der Waals surface area (Å²) >= 11 is 0. The molecule has 3 aliphatic rings. The number of rotatable bonds is 3. The second kappa shape index (κ2) is 7.26. The van der Waals surface area contributed by atoms with Gasteiger partial charge in [0.2, 0.25) is 0 Å². The van der Waals surface area contributed by atoms with Gasteiger partial charge in [-0.05, 0) is 57.1 Å². The molecular weight excluding hydrogens is 300 g/mol. The standard InChI is InChI=1S/C19H30N4O/c1-15-5-7-17(8-6-15)24-19-20-10-9-18(21-19)23-13-12-22-11-3-2-4-16(22)14-23/h9-10,15-17H,2-8,11-14H2,1H3. The maximum atomic E-state index is 6.08. The molecule has 0 N–H and O–H groups in total. The molecule has 0 bridgehead atoms. The summed E-state index contributed by atoms with van der Waals surface area (Å²) in [7, 11) is 0. The van der Waals surface area contributed by atoms with Gasteiger partial charge in [-0.1, -0.05) is 13.3 Å². The number of ether oxygens (including phenoxy) is 1. The van der Waals surface area contributed by atoms with E-state index in [1.165, 1.54) is 38.6 Å². The van der Waals surface area contributed by atoms with Crippen molar-refractivity contribution in [3.63, 3.8) is 0 Å². The van der Waals surface area contributed by atoms with E-state index in [0.29, 0.717) is 18.2 Å². The van der Waals surface area contributed by atoms with Gasteiger partial charge >= 0.3 is 6.01 Å². The molecule has 5 heteroatoms. The zero-order chi connectivity index (χ0) is 16.4. The lowest BCUT2D eigenvalue weighted by molar-refractivity contribution is 0.123. The van der Waals surface area contributed by atoms with E-state index >= 15 is 0 Å². The quantitative estimate of drug-likeness (QED) is 0.852. The van der Waals surface area contributed by atoms with Crippen LogP contribution in [0.25, 0.3) is 0 Å². The molecule has 1 aromatic heterocycles. The van der Waals surface area contributed by atoms with Crippen molar-refractivity contribution >= 4 is 5.82 Å². The average molecular weight is 330 g/mol. The highest BCUT2D eigenvalue weighted by Crippen LogP contribution is 2.27. The Kier molecular flexibility index (Phi) is 4.88. The van der Waals surface area contributed by atoms with Crippen molar-refractivity contribution < 1.29 is 4.74 Å². The van der Waals surface area contributed by atoms with Crippen molar-refractivity contribution in [1.82, 2.24) is 14.9 Å². The van der Waals surface area contributed by atoms with E-state index < -0.39 is 0 Å².